The second-order valence-electron chi connectivity index (χ2n) is 5.33. The van der Waals surface area contributed by atoms with E-state index in [0.29, 0.717) is 5.56 Å². The van der Waals surface area contributed by atoms with Gasteiger partial charge in [0.2, 0.25) is 0 Å². The van der Waals surface area contributed by atoms with E-state index in [-0.39, 0.29) is 0 Å². The van der Waals surface area contributed by atoms with Crippen molar-refractivity contribution in [3.05, 3.63) is 83.7 Å². The Morgan fingerprint density at radius 3 is 2.62 bits per heavy atom. The molecule has 0 radical (unpaired) electrons. The fraction of sp³-hybridized carbons (Fsp3) is 0.100. The Hall–Kier alpha value is -2.61. The fourth-order valence-corrected chi connectivity index (χ4v) is 3.02. The Labute approximate surface area is 145 Å². The SMILES string of the molecule is CSc1ccc(C(O)c2cnccc2-c2cccc(C#N)c2)cc1. The number of hydrogen-bond acceptors (Lipinski definition) is 4. The first kappa shape index (κ1) is 16.3. The average Bonchev–Trinajstić information content (AvgIpc) is 2.67. The molecule has 0 aliphatic carbocycles. The van der Waals surface area contributed by atoms with E-state index in [4.69, 9.17) is 5.26 Å². The predicted octanol–water partition coefficient (Wildman–Crippen LogP) is 4.42. The van der Waals surface area contributed by atoms with Crippen LogP contribution >= 0.6 is 11.8 Å². The van der Waals surface area contributed by atoms with Crippen molar-refractivity contribution in [1.29, 1.82) is 5.26 Å². The van der Waals surface area contributed by atoms with Crippen LogP contribution in [0.15, 0.2) is 71.9 Å². The van der Waals surface area contributed by atoms with Gasteiger partial charge in [0, 0.05) is 22.9 Å². The Balaban J connectivity index is 2.03. The molecule has 3 nitrogen and oxygen atoms in total. The molecule has 2 aromatic carbocycles. The van der Waals surface area contributed by atoms with Crippen molar-refractivity contribution in [3.8, 4) is 17.2 Å². The minimum Gasteiger partial charge on any atom is -0.384 e. The van der Waals surface area contributed by atoms with E-state index >= 15 is 0 Å². The number of nitriles is 1. The summed E-state index contributed by atoms with van der Waals surface area (Å²) in [6.45, 7) is 0. The van der Waals surface area contributed by atoms with Crippen LogP contribution in [0.4, 0.5) is 0 Å². The molecule has 0 bridgehead atoms. The molecule has 4 heteroatoms. The molecule has 0 aliphatic rings. The first-order valence-electron chi connectivity index (χ1n) is 7.49. The quantitative estimate of drug-likeness (QED) is 0.718. The topological polar surface area (TPSA) is 56.9 Å². The zero-order valence-corrected chi connectivity index (χ0v) is 14.0. The maximum absolute atomic E-state index is 10.8. The van der Waals surface area contributed by atoms with Crippen molar-refractivity contribution in [2.24, 2.45) is 0 Å². The summed E-state index contributed by atoms with van der Waals surface area (Å²) < 4.78 is 0. The molecule has 1 atom stereocenters. The summed E-state index contributed by atoms with van der Waals surface area (Å²) in [6.07, 6.45) is 4.63. The van der Waals surface area contributed by atoms with Gasteiger partial charge in [-0.25, -0.2) is 0 Å². The summed E-state index contributed by atoms with van der Waals surface area (Å²) >= 11 is 1.66. The maximum atomic E-state index is 10.8. The zero-order valence-electron chi connectivity index (χ0n) is 13.2. The first-order chi connectivity index (χ1) is 11.7. The molecule has 1 aromatic heterocycles. The summed E-state index contributed by atoms with van der Waals surface area (Å²) in [7, 11) is 0. The minimum absolute atomic E-state index is 0.592. The Morgan fingerprint density at radius 2 is 1.92 bits per heavy atom. The summed E-state index contributed by atoms with van der Waals surface area (Å²) in [5.74, 6) is 0. The number of nitrogens with zero attached hydrogens (tertiary/aromatic N) is 2. The lowest BCUT2D eigenvalue weighted by Crippen LogP contribution is -2.02. The molecule has 24 heavy (non-hydrogen) atoms. The van der Waals surface area contributed by atoms with Crippen LogP contribution in [-0.2, 0) is 0 Å². The highest BCUT2D eigenvalue weighted by atomic mass is 32.2. The van der Waals surface area contributed by atoms with Crippen molar-refractivity contribution in [1.82, 2.24) is 4.98 Å². The van der Waals surface area contributed by atoms with E-state index in [1.54, 1.807) is 30.2 Å². The van der Waals surface area contributed by atoms with Gasteiger partial charge in [-0.05, 0) is 53.3 Å². The van der Waals surface area contributed by atoms with Gasteiger partial charge in [-0.15, -0.1) is 11.8 Å². The molecule has 1 unspecified atom stereocenters. The number of benzene rings is 2. The van der Waals surface area contributed by atoms with Crippen LogP contribution in [0.3, 0.4) is 0 Å². The summed E-state index contributed by atoms with van der Waals surface area (Å²) in [5, 5.41) is 19.9. The zero-order chi connectivity index (χ0) is 16.9. The Kier molecular flexibility index (Phi) is 4.95. The molecule has 0 saturated heterocycles. The third kappa shape index (κ3) is 3.33. The monoisotopic (exact) mass is 332 g/mol. The highest BCUT2D eigenvalue weighted by Crippen LogP contribution is 2.32. The second-order valence-corrected chi connectivity index (χ2v) is 6.21. The minimum atomic E-state index is -0.768. The van der Waals surface area contributed by atoms with Crippen LogP contribution in [-0.4, -0.2) is 16.3 Å². The van der Waals surface area contributed by atoms with Gasteiger partial charge >= 0.3 is 0 Å². The van der Waals surface area contributed by atoms with Gasteiger partial charge in [0.15, 0.2) is 0 Å². The number of pyridine rings is 1. The lowest BCUT2D eigenvalue weighted by Gasteiger charge is -2.16. The van der Waals surface area contributed by atoms with Gasteiger partial charge < -0.3 is 5.11 Å². The lowest BCUT2D eigenvalue weighted by molar-refractivity contribution is 0.220. The first-order valence-corrected chi connectivity index (χ1v) is 8.72. The molecular formula is C20H16N2OS. The van der Waals surface area contributed by atoms with Crippen molar-refractivity contribution in [2.75, 3.05) is 6.26 Å². The number of aromatic nitrogens is 1. The van der Waals surface area contributed by atoms with Gasteiger partial charge in [0.1, 0.15) is 6.10 Å². The number of aliphatic hydroxyl groups excluding tert-OH is 1. The van der Waals surface area contributed by atoms with E-state index < -0.39 is 6.10 Å². The lowest BCUT2D eigenvalue weighted by atomic mass is 9.94. The predicted molar refractivity (Wildman–Crippen MR) is 96.7 cm³/mol. The molecule has 118 valence electrons. The molecule has 3 rings (SSSR count). The number of thioether (sulfide) groups is 1. The third-order valence-corrected chi connectivity index (χ3v) is 4.62. The van der Waals surface area contributed by atoms with E-state index in [0.717, 1.165) is 27.1 Å². The van der Waals surface area contributed by atoms with Crippen LogP contribution < -0.4 is 0 Å². The number of hydrogen-bond donors (Lipinski definition) is 1. The fourth-order valence-electron chi connectivity index (χ4n) is 2.61. The van der Waals surface area contributed by atoms with Crippen LogP contribution in [0.5, 0.6) is 0 Å². The Morgan fingerprint density at radius 1 is 1.12 bits per heavy atom. The standard InChI is InChI=1S/C20H16N2OS/c1-24-17-7-5-15(6-8-17)20(23)19-13-22-10-9-18(19)16-4-2-3-14(11-16)12-21/h2-11,13,20,23H,1H3. The van der Waals surface area contributed by atoms with E-state index in [1.165, 1.54) is 0 Å². The van der Waals surface area contributed by atoms with Crippen LogP contribution in [0, 0.1) is 11.3 Å². The van der Waals surface area contributed by atoms with Crippen molar-refractivity contribution < 1.29 is 5.11 Å². The van der Waals surface area contributed by atoms with Crippen LogP contribution in [0.2, 0.25) is 0 Å². The molecule has 0 amide bonds. The Bertz CT molecular complexity index is 885. The van der Waals surface area contributed by atoms with Crippen molar-refractivity contribution >= 4 is 11.8 Å². The van der Waals surface area contributed by atoms with Gasteiger partial charge in [0.25, 0.3) is 0 Å². The summed E-state index contributed by atoms with van der Waals surface area (Å²) in [6, 6.07) is 19.2. The van der Waals surface area contributed by atoms with E-state index in [2.05, 4.69) is 11.1 Å². The van der Waals surface area contributed by atoms with Crippen LogP contribution in [0.25, 0.3) is 11.1 Å². The van der Waals surface area contributed by atoms with Gasteiger partial charge in [-0.3, -0.25) is 4.98 Å². The highest BCUT2D eigenvalue weighted by molar-refractivity contribution is 7.98. The van der Waals surface area contributed by atoms with Crippen molar-refractivity contribution in [2.45, 2.75) is 11.0 Å². The molecule has 0 fully saturated rings. The molecule has 3 aromatic rings. The molecule has 1 heterocycles. The smallest absolute Gasteiger partial charge is 0.106 e. The average molecular weight is 332 g/mol. The van der Waals surface area contributed by atoms with Gasteiger partial charge in [-0.2, -0.15) is 5.26 Å². The molecule has 0 spiro atoms. The van der Waals surface area contributed by atoms with E-state index in [9.17, 15) is 5.11 Å². The molecule has 1 N–H and O–H groups in total. The summed E-state index contributed by atoms with van der Waals surface area (Å²) in [5.41, 5.74) is 3.91. The van der Waals surface area contributed by atoms with Gasteiger partial charge in [0.05, 0.1) is 11.6 Å². The maximum Gasteiger partial charge on any atom is 0.106 e. The third-order valence-electron chi connectivity index (χ3n) is 3.88. The van der Waals surface area contributed by atoms with E-state index in [1.807, 2.05) is 54.8 Å². The molecule has 0 aliphatic heterocycles. The summed E-state index contributed by atoms with van der Waals surface area (Å²) in [4.78, 5) is 5.32. The number of aliphatic hydroxyl groups is 1. The van der Waals surface area contributed by atoms with Crippen LogP contribution in [0.1, 0.15) is 22.8 Å². The number of rotatable bonds is 4. The largest absolute Gasteiger partial charge is 0.384 e. The normalized spacial score (nSPS) is 11.7. The molecule has 0 saturated carbocycles. The second kappa shape index (κ2) is 7.31. The highest BCUT2D eigenvalue weighted by Gasteiger charge is 2.16. The van der Waals surface area contributed by atoms with Gasteiger partial charge in [-0.1, -0.05) is 24.3 Å². The molecular weight excluding hydrogens is 316 g/mol. The van der Waals surface area contributed by atoms with Crippen molar-refractivity contribution in [3.63, 3.8) is 0 Å².